The van der Waals surface area contributed by atoms with Gasteiger partial charge in [0.1, 0.15) is 11.3 Å². The first kappa shape index (κ1) is 7.91. The molecule has 0 aliphatic rings. The van der Waals surface area contributed by atoms with Crippen molar-refractivity contribution in [3.05, 3.63) is 29.9 Å². The standard InChI is InChI=1S/C9H6FNO2/c1-5(12)7-2-6(10)3-8-9(7)13-4-11-8/h2-4H,1H3. The number of Topliss-reactive ketones (excluding diaryl/α,β-unsaturated/α-hetero) is 1. The van der Waals surface area contributed by atoms with E-state index in [0.717, 1.165) is 6.07 Å². The Kier molecular flexibility index (Phi) is 1.62. The van der Waals surface area contributed by atoms with Crippen molar-refractivity contribution in [3.8, 4) is 0 Å². The highest BCUT2D eigenvalue weighted by atomic mass is 19.1. The molecule has 1 aromatic carbocycles. The molecule has 2 rings (SSSR count). The van der Waals surface area contributed by atoms with Crippen LogP contribution in [0.1, 0.15) is 17.3 Å². The van der Waals surface area contributed by atoms with E-state index in [1.54, 1.807) is 0 Å². The molecule has 13 heavy (non-hydrogen) atoms. The predicted molar refractivity (Wildman–Crippen MR) is 44.0 cm³/mol. The smallest absolute Gasteiger partial charge is 0.182 e. The molecule has 2 aromatic rings. The number of benzene rings is 1. The van der Waals surface area contributed by atoms with Gasteiger partial charge in [0.2, 0.25) is 0 Å². The Morgan fingerprint density at radius 3 is 3.00 bits per heavy atom. The van der Waals surface area contributed by atoms with E-state index in [2.05, 4.69) is 4.98 Å². The number of fused-ring (bicyclic) bond motifs is 1. The van der Waals surface area contributed by atoms with Crippen LogP contribution in [-0.2, 0) is 0 Å². The van der Waals surface area contributed by atoms with E-state index in [9.17, 15) is 9.18 Å². The average molecular weight is 179 g/mol. The molecular weight excluding hydrogens is 173 g/mol. The number of hydrogen-bond donors (Lipinski definition) is 0. The second-order valence-corrected chi connectivity index (χ2v) is 2.71. The van der Waals surface area contributed by atoms with Gasteiger partial charge in [-0.1, -0.05) is 0 Å². The lowest BCUT2D eigenvalue weighted by atomic mass is 10.1. The predicted octanol–water partition coefficient (Wildman–Crippen LogP) is 2.17. The number of ketones is 1. The summed E-state index contributed by atoms with van der Waals surface area (Å²) in [6.07, 6.45) is 1.19. The van der Waals surface area contributed by atoms with Crippen LogP contribution in [0.2, 0.25) is 0 Å². The van der Waals surface area contributed by atoms with E-state index in [0.29, 0.717) is 11.1 Å². The Morgan fingerprint density at radius 1 is 1.54 bits per heavy atom. The first-order valence-corrected chi connectivity index (χ1v) is 3.72. The van der Waals surface area contributed by atoms with Gasteiger partial charge in [-0.05, 0) is 13.0 Å². The molecule has 0 aliphatic carbocycles. The Bertz CT molecular complexity index is 475. The number of aromatic nitrogens is 1. The number of halogens is 1. The van der Waals surface area contributed by atoms with Crippen LogP contribution in [0, 0.1) is 5.82 Å². The Labute approximate surface area is 73.2 Å². The van der Waals surface area contributed by atoms with Gasteiger partial charge in [-0.25, -0.2) is 9.37 Å². The summed E-state index contributed by atoms with van der Waals surface area (Å²) in [5.41, 5.74) is 0.937. The molecule has 0 amide bonds. The second kappa shape index (κ2) is 2.65. The van der Waals surface area contributed by atoms with Gasteiger partial charge in [0, 0.05) is 6.07 Å². The summed E-state index contributed by atoms with van der Waals surface area (Å²) in [5, 5.41) is 0. The van der Waals surface area contributed by atoms with E-state index >= 15 is 0 Å². The van der Waals surface area contributed by atoms with Gasteiger partial charge in [0.05, 0.1) is 5.56 Å². The average Bonchev–Trinajstić information content (AvgIpc) is 2.49. The lowest BCUT2D eigenvalue weighted by molar-refractivity contribution is 0.101. The van der Waals surface area contributed by atoms with Crippen LogP contribution in [0.5, 0.6) is 0 Å². The highest BCUT2D eigenvalue weighted by Crippen LogP contribution is 2.19. The topological polar surface area (TPSA) is 43.1 Å². The van der Waals surface area contributed by atoms with Crippen LogP contribution < -0.4 is 0 Å². The fourth-order valence-corrected chi connectivity index (χ4v) is 1.20. The minimum Gasteiger partial charge on any atom is -0.443 e. The number of oxazole rings is 1. The molecule has 0 fully saturated rings. The van der Waals surface area contributed by atoms with Gasteiger partial charge in [-0.2, -0.15) is 0 Å². The van der Waals surface area contributed by atoms with Crippen LogP contribution in [-0.4, -0.2) is 10.8 Å². The first-order valence-electron chi connectivity index (χ1n) is 3.72. The van der Waals surface area contributed by atoms with Crippen LogP contribution in [0.4, 0.5) is 4.39 Å². The van der Waals surface area contributed by atoms with Gasteiger partial charge in [-0.3, -0.25) is 4.79 Å². The lowest BCUT2D eigenvalue weighted by Crippen LogP contribution is -1.93. The largest absolute Gasteiger partial charge is 0.443 e. The Balaban J connectivity index is 2.84. The fourth-order valence-electron chi connectivity index (χ4n) is 1.20. The summed E-state index contributed by atoms with van der Waals surface area (Å²) in [5.74, 6) is -0.715. The van der Waals surface area contributed by atoms with Gasteiger partial charge >= 0.3 is 0 Å². The van der Waals surface area contributed by atoms with Gasteiger partial charge in [0.15, 0.2) is 17.8 Å². The highest BCUT2D eigenvalue weighted by molar-refractivity contribution is 6.03. The molecule has 0 saturated carbocycles. The van der Waals surface area contributed by atoms with E-state index in [4.69, 9.17) is 4.42 Å². The Morgan fingerprint density at radius 2 is 2.31 bits per heavy atom. The molecule has 66 valence electrons. The van der Waals surface area contributed by atoms with Crippen molar-refractivity contribution < 1.29 is 13.6 Å². The third-order valence-electron chi connectivity index (χ3n) is 1.78. The van der Waals surface area contributed by atoms with Gasteiger partial charge < -0.3 is 4.42 Å². The number of rotatable bonds is 1. The normalized spacial score (nSPS) is 10.6. The minimum atomic E-state index is -0.480. The summed E-state index contributed by atoms with van der Waals surface area (Å²) in [6.45, 7) is 1.36. The maximum absolute atomic E-state index is 12.9. The van der Waals surface area contributed by atoms with Gasteiger partial charge in [-0.15, -0.1) is 0 Å². The lowest BCUT2D eigenvalue weighted by Gasteiger charge is -1.95. The third kappa shape index (κ3) is 1.20. The molecular formula is C9H6FNO2. The third-order valence-corrected chi connectivity index (χ3v) is 1.78. The molecule has 0 atom stereocenters. The molecule has 0 aliphatic heterocycles. The van der Waals surface area contributed by atoms with E-state index in [1.807, 2.05) is 0 Å². The van der Waals surface area contributed by atoms with E-state index in [1.165, 1.54) is 19.4 Å². The molecule has 3 nitrogen and oxygen atoms in total. The summed E-state index contributed by atoms with van der Waals surface area (Å²) >= 11 is 0. The van der Waals surface area contributed by atoms with Crippen molar-refractivity contribution in [2.75, 3.05) is 0 Å². The van der Waals surface area contributed by atoms with Crippen molar-refractivity contribution in [2.24, 2.45) is 0 Å². The zero-order valence-corrected chi connectivity index (χ0v) is 6.87. The number of carbonyl (C=O) groups is 1. The fraction of sp³-hybridized carbons (Fsp3) is 0.111. The summed E-state index contributed by atoms with van der Waals surface area (Å²) < 4.78 is 17.9. The minimum absolute atomic E-state index is 0.229. The van der Waals surface area contributed by atoms with E-state index < -0.39 is 5.82 Å². The molecule has 0 bridgehead atoms. The van der Waals surface area contributed by atoms with Gasteiger partial charge in [0.25, 0.3) is 0 Å². The quantitative estimate of drug-likeness (QED) is 0.630. The molecule has 0 N–H and O–H groups in total. The van der Waals surface area contributed by atoms with Crippen LogP contribution in [0.25, 0.3) is 11.1 Å². The summed E-state index contributed by atoms with van der Waals surface area (Å²) in [6, 6.07) is 2.38. The van der Waals surface area contributed by atoms with Crippen LogP contribution in [0.15, 0.2) is 22.9 Å². The van der Waals surface area contributed by atoms with E-state index in [-0.39, 0.29) is 11.3 Å². The van der Waals surface area contributed by atoms with Crippen LogP contribution in [0.3, 0.4) is 0 Å². The number of nitrogens with zero attached hydrogens (tertiary/aromatic N) is 1. The van der Waals surface area contributed by atoms with Crippen molar-refractivity contribution >= 4 is 16.9 Å². The summed E-state index contributed by atoms with van der Waals surface area (Å²) in [7, 11) is 0. The molecule has 1 heterocycles. The zero-order valence-electron chi connectivity index (χ0n) is 6.87. The maximum atomic E-state index is 12.9. The molecule has 4 heteroatoms. The van der Waals surface area contributed by atoms with Crippen molar-refractivity contribution in [3.63, 3.8) is 0 Å². The molecule has 1 aromatic heterocycles. The van der Waals surface area contributed by atoms with Crippen LogP contribution >= 0.6 is 0 Å². The molecule has 0 spiro atoms. The molecule has 0 unspecified atom stereocenters. The monoisotopic (exact) mass is 179 g/mol. The van der Waals surface area contributed by atoms with Crippen molar-refractivity contribution in [1.82, 2.24) is 4.98 Å². The SMILES string of the molecule is CC(=O)c1cc(F)cc2ncoc12. The number of hydrogen-bond acceptors (Lipinski definition) is 3. The highest BCUT2D eigenvalue weighted by Gasteiger charge is 2.11. The maximum Gasteiger partial charge on any atom is 0.182 e. The summed E-state index contributed by atoms with van der Waals surface area (Å²) in [4.78, 5) is 14.8. The van der Waals surface area contributed by atoms with Crippen molar-refractivity contribution in [1.29, 1.82) is 0 Å². The molecule has 0 saturated heterocycles. The first-order chi connectivity index (χ1) is 6.18. The number of carbonyl (C=O) groups excluding carboxylic acids is 1. The Hall–Kier alpha value is -1.71. The second-order valence-electron chi connectivity index (χ2n) is 2.71. The zero-order chi connectivity index (χ0) is 9.42. The van der Waals surface area contributed by atoms with Crippen molar-refractivity contribution in [2.45, 2.75) is 6.92 Å². The molecule has 0 radical (unpaired) electrons.